The minimum atomic E-state index is -0.185. The van der Waals surface area contributed by atoms with Gasteiger partial charge in [0.15, 0.2) is 11.0 Å². The van der Waals surface area contributed by atoms with Crippen molar-refractivity contribution in [3.05, 3.63) is 64.5 Å². The van der Waals surface area contributed by atoms with Crippen molar-refractivity contribution in [2.24, 2.45) is 0 Å². The maximum absolute atomic E-state index is 12.5. The molecule has 0 spiro atoms. The molecule has 0 saturated carbocycles. The maximum Gasteiger partial charge on any atom is 0.249 e. The fourth-order valence-electron chi connectivity index (χ4n) is 4.66. The molecule has 1 aliphatic carbocycles. The van der Waals surface area contributed by atoms with E-state index < -0.39 is 0 Å². The molecule has 3 heterocycles. The molecule has 0 bridgehead atoms. The Balaban J connectivity index is 1.41. The SMILES string of the molecule is CN1C/C(=C/C(=O)Nc2ccc(Cl)nn2)C[C@@H]2c3cccc4[nH]cc(c34)C[C@H]21. The summed E-state index contributed by atoms with van der Waals surface area (Å²) < 4.78 is 0. The van der Waals surface area contributed by atoms with Gasteiger partial charge in [-0.1, -0.05) is 29.3 Å². The number of carbonyl (C=O) groups is 1. The molecule has 2 N–H and O–H groups in total. The highest BCUT2D eigenvalue weighted by Gasteiger charge is 2.37. The highest BCUT2D eigenvalue weighted by Crippen LogP contribution is 2.44. The van der Waals surface area contributed by atoms with Crippen molar-refractivity contribution >= 4 is 34.2 Å². The van der Waals surface area contributed by atoms with Gasteiger partial charge in [-0.25, -0.2) is 0 Å². The zero-order valence-electron chi connectivity index (χ0n) is 15.4. The van der Waals surface area contributed by atoms with Gasteiger partial charge in [0.05, 0.1) is 0 Å². The van der Waals surface area contributed by atoms with Gasteiger partial charge in [-0.05, 0) is 49.2 Å². The molecule has 2 aliphatic rings. The number of nitrogens with one attached hydrogen (secondary N) is 2. The van der Waals surface area contributed by atoms with E-state index in [0.29, 0.717) is 22.9 Å². The van der Waals surface area contributed by atoms with Crippen LogP contribution in [0, 0.1) is 0 Å². The van der Waals surface area contributed by atoms with Crippen molar-refractivity contribution in [1.29, 1.82) is 0 Å². The number of carbonyl (C=O) groups excluding carboxylic acids is 1. The number of aromatic amines is 1. The van der Waals surface area contributed by atoms with Crippen LogP contribution in [-0.4, -0.2) is 45.6 Å². The van der Waals surface area contributed by atoms with Crippen molar-refractivity contribution in [3.63, 3.8) is 0 Å². The molecule has 1 aliphatic heterocycles. The van der Waals surface area contributed by atoms with Gasteiger partial charge in [0.1, 0.15) is 0 Å². The van der Waals surface area contributed by atoms with Crippen LogP contribution >= 0.6 is 11.6 Å². The molecule has 3 aromatic rings. The number of hydrogen-bond acceptors (Lipinski definition) is 4. The van der Waals surface area contributed by atoms with Crippen LogP contribution in [0.15, 0.2) is 48.2 Å². The van der Waals surface area contributed by atoms with Gasteiger partial charge in [-0.2, -0.15) is 0 Å². The predicted molar refractivity (Wildman–Crippen MR) is 110 cm³/mol. The molecule has 1 saturated heterocycles. The lowest BCUT2D eigenvalue weighted by atomic mass is 9.74. The summed E-state index contributed by atoms with van der Waals surface area (Å²) in [7, 11) is 2.14. The summed E-state index contributed by atoms with van der Waals surface area (Å²) >= 11 is 5.74. The molecule has 142 valence electrons. The van der Waals surface area contributed by atoms with E-state index in [2.05, 4.69) is 56.8 Å². The summed E-state index contributed by atoms with van der Waals surface area (Å²) in [6.45, 7) is 0.788. The zero-order chi connectivity index (χ0) is 19.3. The normalized spacial score (nSPS) is 23.0. The molecule has 2 atom stereocenters. The molecule has 1 fully saturated rings. The Kier molecular flexibility index (Phi) is 4.18. The third kappa shape index (κ3) is 2.99. The van der Waals surface area contributed by atoms with E-state index in [4.69, 9.17) is 11.6 Å². The number of fused-ring (bicyclic) bond motifs is 2. The van der Waals surface area contributed by atoms with E-state index in [1.165, 1.54) is 22.0 Å². The highest BCUT2D eigenvalue weighted by atomic mass is 35.5. The average Bonchev–Trinajstić information content (AvgIpc) is 3.09. The molecule has 1 aromatic carbocycles. The zero-order valence-corrected chi connectivity index (χ0v) is 16.2. The maximum atomic E-state index is 12.5. The minimum absolute atomic E-state index is 0.185. The lowest BCUT2D eigenvalue weighted by molar-refractivity contribution is -0.112. The molecular formula is C21H20ClN5O. The van der Waals surface area contributed by atoms with E-state index >= 15 is 0 Å². The van der Waals surface area contributed by atoms with Crippen molar-refractivity contribution in [1.82, 2.24) is 20.1 Å². The minimum Gasteiger partial charge on any atom is -0.361 e. The number of benzene rings is 1. The summed E-state index contributed by atoms with van der Waals surface area (Å²) in [5.41, 5.74) is 5.10. The van der Waals surface area contributed by atoms with E-state index in [1.54, 1.807) is 18.2 Å². The first-order valence-electron chi connectivity index (χ1n) is 9.37. The molecule has 28 heavy (non-hydrogen) atoms. The van der Waals surface area contributed by atoms with Gasteiger partial charge >= 0.3 is 0 Å². The Morgan fingerprint density at radius 1 is 1.29 bits per heavy atom. The van der Waals surface area contributed by atoms with Crippen molar-refractivity contribution < 1.29 is 4.79 Å². The molecule has 1 amide bonds. The molecule has 0 unspecified atom stereocenters. The first-order valence-corrected chi connectivity index (χ1v) is 9.75. The van der Waals surface area contributed by atoms with E-state index in [-0.39, 0.29) is 5.91 Å². The second kappa shape index (κ2) is 6.72. The van der Waals surface area contributed by atoms with Gasteiger partial charge in [0.25, 0.3) is 0 Å². The number of H-pyrrole nitrogens is 1. The molecule has 7 heteroatoms. The number of amides is 1. The largest absolute Gasteiger partial charge is 0.361 e. The van der Waals surface area contributed by atoms with E-state index in [0.717, 1.165) is 25.0 Å². The van der Waals surface area contributed by atoms with Crippen LogP contribution in [0.4, 0.5) is 5.82 Å². The number of aromatic nitrogens is 3. The molecule has 0 radical (unpaired) electrons. The van der Waals surface area contributed by atoms with E-state index in [1.807, 2.05) is 0 Å². The third-order valence-corrected chi connectivity index (χ3v) is 6.03. The summed E-state index contributed by atoms with van der Waals surface area (Å²) in [6.07, 6.45) is 5.77. The Labute approximate surface area is 167 Å². The quantitative estimate of drug-likeness (QED) is 0.653. The Bertz CT molecular complexity index is 1090. The summed E-state index contributed by atoms with van der Waals surface area (Å²) in [6, 6.07) is 10.2. The van der Waals surface area contributed by atoms with Crippen LogP contribution < -0.4 is 5.32 Å². The number of likely N-dealkylation sites (tertiary alicyclic amines) is 1. The van der Waals surface area contributed by atoms with Crippen LogP contribution in [0.2, 0.25) is 5.15 Å². The van der Waals surface area contributed by atoms with E-state index in [9.17, 15) is 4.79 Å². The highest BCUT2D eigenvalue weighted by molar-refractivity contribution is 6.29. The Hall–Kier alpha value is -2.70. The first-order chi connectivity index (χ1) is 13.6. The lowest BCUT2D eigenvalue weighted by Gasteiger charge is -2.43. The lowest BCUT2D eigenvalue weighted by Crippen LogP contribution is -2.45. The number of piperidine rings is 1. The van der Waals surface area contributed by atoms with Gasteiger partial charge in [0.2, 0.25) is 5.91 Å². The molecule has 5 rings (SSSR count). The third-order valence-electron chi connectivity index (χ3n) is 5.83. The van der Waals surface area contributed by atoms with Crippen LogP contribution in [0.1, 0.15) is 23.5 Å². The predicted octanol–water partition coefficient (Wildman–Crippen LogP) is 3.52. The number of anilines is 1. The van der Waals surface area contributed by atoms with Crippen LogP contribution in [0.5, 0.6) is 0 Å². The second-order valence-electron chi connectivity index (χ2n) is 7.61. The topological polar surface area (TPSA) is 73.9 Å². The van der Waals surface area contributed by atoms with Gasteiger partial charge in [-0.3, -0.25) is 9.69 Å². The number of nitrogens with zero attached hydrogens (tertiary/aromatic N) is 3. The van der Waals surface area contributed by atoms with Gasteiger partial charge in [0, 0.05) is 41.7 Å². The number of hydrogen-bond donors (Lipinski definition) is 2. The fourth-order valence-corrected chi connectivity index (χ4v) is 4.76. The molecule has 6 nitrogen and oxygen atoms in total. The second-order valence-corrected chi connectivity index (χ2v) is 8.00. The van der Waals surface area contributed by atoms with Crippen molar-refractivity contribution in [2.75, 3.05) is 18.9 Å². The number of halogens is 1. The van der Waals surface area contributed by atoms with Gasteiger partial charge in [-0.15, -0.1) is 10.2 Å². The summed E-state index contributed by atoms with van der Waals surface area (Å²) in [4.78, 5) is 18.2. The standard InChI is InChI=1S/C21H20ClN5O/c1-27-11-12(8-20(28)24-19-6-5-18(22)25-26-19)7-15-14-3-2-4-16-21(14)13(10-23-16)9-17(15)27/h2-6,8,10,15,17,23H,7,9,11H2,1H3,(H,24,26,28)/b12-8+/t15-,17-/m1/s1. The first kappa shape index (κ1) is 17.4. The van der Waals surface area contributed by atoms with Crippen LogP contribution in [0.3, 0.4) is 0 Å². The average molecular weight is 394 g/mol. The monoisotopic (exact) mass is 393 g/mol. The van der Waals surface area contributed by atoms with Crippen molar-refractivity contribution in [2.45, 2.75) is 24.8 Å². The fraction of sp³-hybridized carbons (Fsp3) is 0.286. The summed E-state index contributed by atoms with van der Waals surface area (Å²) in [5, 5.41) is 12.1. The smallest absolute Gasteiger partial charge is 0.249 e. The Morgan fingerprint density at radius 3 is 3.00 bits per heavy atom. The van der Waals surface area contributed by atoms with Gasteiger partial charge < -0.3 is 10.3 Å². The van der Waals surface area contributed by atoms with Crippen LogP contribution in [0.25, 0.3) is 10.9 Å². The number of rotatable bonds is 2. The number of likely N-dealkylation sites (N-methyl/N-ethyl adjacent to an activating group) is 1. The molecular weight excluding hydrogens is 374 g/mol. The Morgan fingerprint density at radius 2 is 2.18 bits per heavy atom. The molecule has 2 aromatic heterocycles. The van der Waals surface area contributed by atoms with Crippen molar-refractivity contribution in [3.8, 4) is 0 Å². The summed E-state index contributed by atoms with van der Waals surface area (Å²) in [5.74, 6) is 0.600. The van der Waals surface area contributed by atoms with Crippen LogP contribution in [-0.2, 0) is 11.2 Å².